The minimum Gasteiger partial charge on any atom is -0.478 e. The van der Waals surface area contributed by atoms with E-state index in [1.165, 1.54) is 6.07 Å². The number of carboxylic acid groups (broad SMARTS) is 1. The van der Waals surface area contributed by atoms with Crippen LogP contribution in [0, 0.1) is 0 Å². The predicted molar refractivity (Wildman–Crippen MR) is 71.0 cm³/mol. The standard InChI is InChI=1S/C12H18N2O3S/c1-9(5-7-18(2)17)14-8-11-10(12(15)16)4-3-6-13-11/h3-4,6,9,14H,5,7-8H2,1-2H3,(H,15,16). The van der Waals surface area contributed by atoms with Crippen LogP contribution >= 0.6 is 0 Å². The molecule has 1 rings (SSSR count). The molecule has 0 saturated carbocycles. The van der Waals surface area contributed by atoms with E-state index in [-0.39, 0.29) is 11.6 Å². The topological polar surface area (TPSA) is 79.3 Å². The summed E-state index contributed by atoms with van der Waals surface area (Å²) in [4.78, 5) is 15.0. The molecule has 6 heteroatoms. The van der Waals surface area contributed by atoms with Gasteiger partial charge in [-0.15, -0.1) is 0 Å². The van der Waals surface area contributed by atoms with E-state index in [9.17, 15) is 9.00 Å². The molecule has 0 spiro atoms. The Bertz CT molecular complexity index is 437. The normalized spacial score (nSPS) is 14.1. The summed E-state index contributed by atoms with van der Waals surface area (Å²) in [6.45, 7) is 2.39. The Kier molecular flexibility index (Phi) is 5.94. The Morgan fingerprint density at radius 2 is 2.33 bits per heavy atom. The van der Waals surface area contributed by atoms with Gasteiger partial charge >= 0.3 is 5.97 Å². The molecule has 1 aromatic heterocycles. The lowest BCUT2D eigenvalue weighted by Crippen LogP contribution is -2.28. The van der Waals surface area contributed by atoms with E-state index in [1.54, 1.807) is 18.5 Å². The molecule has 0 aliphatic carbocycles. The van der Waals surface area contributed by atoms with Crippen LogP contribution in [0.3, 0.4) is 0 Å². The van der Waals surface area contributed by atoms with Crippen LogP contribution in [0.4, 0.5) is 0 Å². The van der Waals surface area contributed by atoms with Gasteiger partial charge in [-0.3, -0.25) is 9.19 Å². The Morgan fingerprint density at radius 3 is 2.94 bits per heavy atom. The number of rotatable bonds is 7. The zero-order valence-electron chi connectivity index (χ0n) is 10.5. The fourth-order valence-electron chi connectivity index (χ4n) is 1.49. The first-order chi connectivity index (χ1) is 8.50. The molecule has 100 valence electrons. The number of nitrogens with zero attached hydrogens (tertiary/aromatic N) is 1. The fourth-order valence-corrected chi connectivity index (χ4v) is 2.17. The predicted octanol–water partition coefficient (Wildman–Crippen LogP) is 1.03. The average Bonchev–Trinajstić information content (AvgIpc) is 2.34. The molecule has 5 nitrogen and oxygen atoms in total. The molecule has 0 aliphatic rings. The molecule has 18 heavy (non-hydrogen) atoms. The van der Waals surface area contributed by atoms with Gasteiger partial charge in [-0.05, 0) is 25.5 Å². The molecule has 0 saturated heterocycles. The van der Waals surface area contributed by atoms with Crippen LogP contribution in [-0.4, -0.2) is 38.3 Å². The molecule has 2 N–H and O–H groups in total. The minimum atomic E-state index is -0.970. The zero-order chi connectivity index (χ0) is 13.5. The second kappa shape index (κ2) is 7.23. The maximum atomic E-state index is 11.0. The molecule has 0 amide bonds. The van der Waals surface area contributed by atoms with Gasteiger partial charge in [0.2, 0.25) is 0 Å². The van der Waals surface area contributed by atoms with E-state index in [0.29, 0.717) is 18.0 Å². The smallest absolute Gasteiger partial charge is 0.337 e. The lowest BCUT2D eigenvalue weighted by molar-refractivity contribution is 0.0695. The highest BCUT2D eigenvalue weighted by molar-refractivity contribution is 7.84. The molecule has 2 atom stereocenters. The minimum absolute atomic E-state index is 0.178. The Hall–Kier alpha value is -1.27. The maximum Gasteiger partial charge on any atom is 0.337 e. The van der Waals surface area contributed by atoms with E-state index < -0.39 is 16.8 Å². The summed E-state index contributed by atoms with van der Waals surface area (Å²) in [6, 6.07) is 3.33. The van der Waals surface area contributed by atoms with Gasteiger partial charge in [-0.25, -0.2) is 4.79 Å². The van der Waals surface area contributed by atoms with E-state index in [4.69, 9.17) is 5.11 Å². The van der Waals surface area contributed by atoms with Crippen LogP contribution in [0.15, 0.2) is 18.3 Å². The van der Waals surface area contributed by atoms with E-state index in [2.05, 4.69) is 10.3 Å². The van der Waals surface area contributed by atoms with Crippen molar-refractivity contribution in [2.75, 3.05) is 12.0 Å². The van der Waals surface area contributed by atoms with Crippen LogP contribution in [0.5, 0.6) is 0 Å². The molecular weight excluding hydrogens is 252 g/mol. The summed E-state index contributed by atoms with van der Waals surface area (Å²) in [5, 5.41) is 12.2. The van der Waals surface area contributed by atoms with E-state index in [1.807, 2.05) is 6.92 Å². The van der Waals surface area contributed by atoms with Gasteiger partial charge in [0, 0.05) is 41.6 Å². The van der Waals surface area contributed by atoms with Crippen molar-refractivity contribution in [2.45, 2.75) is 25.9 Å². The average molecular weight is 270 g/mol. The van der Waals surface area contributed by atoms with Gasteiger partial charge in [-0.2, -0.15) is 0 Å². The third-order valence-corrected chi connectivity index (χ3v) is 3.39. The van der Waals surface area contributed by atoms with Crippen molar-refractivity contribution in [1.29, 1.82) is 0 Å². The molecule has 2 unspecified atom stereocenters. The molecule has 1 heterocycles. The number of aromatic nitrogens is 1. The highest BCUT2D eigenvalue weighted by atomic mass is 32.2. The summed E-state index contributed by atoms with van der Waals surface area (Å²) in [5.41, 5.74) is 0.741. The van der Waals surface area contributed by atoms with Crippen LogP contribution < -0.4 is 5.32 Å². The third kappa shape index (κ3) is 4.93. The van der Waals surface area contributed by atoms with Gasteiger partial charge in [0.25, 0.3) is 0 Å². The summed E-state index contributed by atoms with van der Waals surface area (Å²) in [5.74, 6) is -0.329. The number of hydrogen-bond acceptors (Lipinski definition) is 4. The van der Waals surface area contributed by atoms with Crippen LogP contribution in [0.25, 0.3) is 0 Å². The second-order valence-corrected chi connectivity index (χ2v) is 5.71. The summed E-state index contributed by atoms with van der Waals surface area (Å²) in [6.07, 6.45) is 4.04. The Balaban J connectivity index is 2.53. The maximum absolute atomic E-state index is 11.0. The molecule has 0 bridgehead atoms. The number of nitrogens with one attached hydrogen (secondary N) is 1. The first-order valence-corrected chi connectivity index (χ1v) is 7.44. The van der Waals surface area contributed by atoms with E-state index in [0.717, 1.165) is 6.42 Å². The largest absolute Gasteiger partial charge is 0.478 e. The molecule has 0 fully saturated rings. The van der Waals surface area contributed by atoms with Gasteiger partial charge in [0.15, 0.2) is 0 Å². The van der Waals surface area contributed by atoms with Gasteiger partial charge in [0.05, 0.1) is 11.3 Å². The van der Waals surface area contributed by atoms with Crippen molar-refractivity contribution in [3.63, 3.8) is 0 Å². The van der Waals surface area contributed by atoms with Crippen molar-refractivity contribution < 1.29 is 14.1 Å². The number of carboxylic acids is 1. The van der Waals surface area contributed by atoms with Crippen molar-refractivity contribution in [1.82, 2.24) is 10.3 Å². The van der Waals surface area contributed by atoms with Gasteiger partial charge in [0.1, 0.15) is 0 Å². The van der Waals surface area contributed by atoms with Gasteiger partial charge in [-0.1, -0.05) is 0 Å². The first kappa shape index (κ1) is 14.8. The molecule has 0 radical (unpaired) electrons. The van der Waals surface area contributed by atoms with Crippen molar-refractivity contribution in [3.05, 3.63) is 29.6 Å². The quantitative estimate of drug-likeness (QED) is 0.773. The van der Waals surface area contributed by atoms with Crippen LogP contribution in [0.2, 0.25) is 0 Å². The Labute approximate surface area is 109 Å². The lowest BCUT2D eigenvalue weighted by atomic mass is 10.2. The summed E-state index contributed by atoms with van der Waals surface area (Å²) >= 11 is 0. The molecule has 0 aromatic carbocycles. The van der Waals surface area contributed by atoms with E-state index >= 15 is 0 Å². The lowest BCUT2D eigenvalue weighted by Gasteiger charge is -2.13. The summed E-state index contributed by atoms with van der Waals surface area (Å²) < 4.78 is 11.0. The molecule has 0 aliphatic heterocycles. The van der Waals surface area contributed by atoms with Crippen LogP contribution in [0.1, 0.15) is 29.4 Å². The monoisotopic (exact) mass is 270 g/mol. The molecular formula is C12H18N2O3S. The van der Waals surface area contributed by atoms with Crippen molar-refractivity contribution in [2.24, 2.45) is 0 Å². The third-order valence-electron chi connectivity index (χ3n) is 2.58. The first-order valence-electron chi connectivity index (χ1n) is 5.71. The molecule has 1 aromatic rings. The Morgan fingerprint density at radius 1 is 1.61 bits per heavy atom. The highest BCUT2D eigenvalue weighted by Gasteiger charge is 2.11. The number of hydrogen-bond donors (Lipinski definition) is 2. The second-order valence-electron chi connectivity index (χ2n) is 4.15. The van der Waals surface area contributed by atoms with Crippen molar-refractivity contribution in [3.8, 4) is 0 Å². The van der Waals surface area contributed by atoms with Crippen LogP contribution in [-0.2, 0) is 17.3 Å². The highest BCUT2D eigenvalue weighted by Crippen LogP contribution is 2.05. The SMILES string of the molecule is CC(CCS(C)=O)NCc1ncccc1C(=O)O. The fraction of sp³-hybridized carbons (Fsp3) is 0.500. The summed E-state index contributed by atoms with van der Waals surface area (Å²) in [7, 11) is -0.796. The van der Waals surface area contributed by atoms with Crippen molar-refractivity contribution >= 4 is 16.8 Å². The number of pyridine rings is 1. The number of aromatic carboxylic acids is 1. The number of carbonyl (C=O) groups is 1. The van der Waals surface area contributed by atoms with Gasteiger partial charge < -0.3 is 10.4 Å². The zero-order valence-corrected chi connectivity index (χ0v) is 11.4.